The van der Waals surface area contributed by atoms with Gasteiger partial charge in [0.2, 0.25) is 11.8 Å². The molecule has 17 heteroatoms. The van der Waals surface area contributed by atoms with Crippen LogP contribution < -0.4 is 16.0 Å². The van der Waals surface area contributed by atoms with Crippen LogP contribution in [-0.4, -0.2) is 98.5 Å². The minimum atomic E-state index is -1.01. The van der Waals surface area contributed by atoms with Gasteiger partial charge < -0.3 is 40.2 Å². The number of fused-ring (bicyclic) bond motifs is 1. The molecule has 4 N–H and O–H groups in total. The van der Waals surface area contributed by atoms with Gasteiger partial charge in [-0.05, 0) is 49.0 Å². The van der Waals surface area contributed by atoms with Crippen LogP contribution >= 0.6 is 11.3 Å². The lowest BCUT2D eigenvalue weighted by Gasteiger charge is -2.29. The summed E-state index contributed by atoms with van der Waals surface area (Å²) in [5.74, 6) is 6.08. The molecule has 2 fully saturated rings. The van der Waals surface area contributed by atoms with Gasteiger partial charge >= 0.3 is 12.2 Å². The molecule has 6 rings (SSSR count). The number of rotatable bonds is 9. The zero-order chi connectivity index (χ0) is 37.6. The van der Waals surface area contributed by atoms with Crippen LogP contribution in [0.3, 0.4) is 0 Å². The van der Waals surface area contributed by atoms with E-state index in [0.29, 0.717) is 53.8 Å². The monoisotopic (exact) mass is 743 g/mol. The molecule has 0 unspecified atom stereocenters. The molecule has 5 heterocycles. The van der Waals surface area contributed by atoms with Gasteiger partial charge in [0.15, 0.2) is 10.8 Å². The number of aromatic nitrogens is 4. The number of aromatic amines is 1. The van der Waals surface area contributed by atoms with Crippen molar-refractivity contribution in [1.29, 1.82) is 0 Å². The maximum absolute atomic E-state index is 13.7. The molecule has 16 nitrogen and oxygen atoms in total. The average Bonchev–Trinajstić information content (AvgIpc) is 4.00. The highest BCUT2D eigenvalue weighted by atomic mass is 32.1. The third-order valence-corrected chi connectivity index (χ3v) is 10.1. The van der Waals surface area contributed by atoms with Crippen molar-refractivity contribution in [3.8, 4) is 11.8 Å². The van der Waals surface area contributed by atoms with E-state index in [-0.39, 0.29) is 23.8 Å². The van der Waals surface area contributed by atoms with Crippen molar-refractivity contribution in [1.82, 2.24) is 39.8 Å². The van der Waals surface area contributed by atoms with E-state index >= 15 is 0 Å². The van der Waals surface area contributed by atoms with Crippen LogP contribution in [0, 0.1) is 17.8 Å². The maximum Gasteiger partial charge on any atom is 0.407 e. The lowest BCUT2D eigenvalue weighted by molar-refractivity contribution is -0.138. The van der Waals surface area contributed by atoms with E-state index in [1.54, 1.807) is 52.2 Å². The number of benzene rings is 1. The number of nitrogens with one attached hydrogen (secondary N) is 4. The molecule has 0 aliphatic carbocycles. The summed E-state index contributed by atoms with van der Waals surface area (Å²) in [6, 6.07) is 6.07. The highest BCUT2D eigenvalue weighted by Gasteiger charge is 2.39. The van der Waals surface area contributed by atoms with E-state index < -0.39 is 36.2 Å². The first-order valence-corrected chi connectivity index (χ1v) is 18.1. The summed E-state index contributed by atoms with van der Waals surface area (Å²) >= 11 is 1.34. The Kier molecular flexibility index (Phi) is 11.3. The first kappa shape index (κ1) is 36.9. The molecule has 2 aliphatic heterocycles. The molecule has 2 aliphatic rings. The first-order chi connectivity index (χ1) is 25.6. The van der Waals surface area contributed by atoms with Gasteiger partial charge in [0.1, 0.15) is 29.6 Å². The number of nitrogens with zero attached hydrogens (tertiary/aromatic N) is 5. The fourth-order valence-corrected chi connectivity index (χ4v) is 7.41. The van der Waals surface area contributed by atoms with Gasteiger partial charge in [-0.1, -0.05) is 55.5 Å². The number of H-pyrrole nitrogens is 1. The molecule has 4 aromatic rings. The standard InChI is InChI=1S/C36H41N9O7S/c1-21(2)28(41-35(49)51-3)32(47)44-16-8-12-25(44)30-37-18-23(38-30)14-15-24-19-43-20-27(40-34(43)53-24)39-31(46)26-13-9-17-45(26)33(48)29(42-36(50)52-4)22-10-6-5-7-11-22/h5-7,10-11,18-21,25-26,28-29H,8-9,12-13,16-17H2,1-4H3,(H,37,38)(H,39,46)(H,41,49)(H,42,50)/t25-,26-,28-,29+/m0/s1. The Labute approximate surface area is 309 Å². The number of imidazole rings is 2. The van der Waals surface area contributed by atoms with Crippen molar-refractivity contribution in [2.24, 2.45) is 5.92 Å². The molecule has 4 atom stereocenters. The molecular formula is C36H41N9O7S. The van der Waals surface area contributed by atoms with Crippen molar-refractivity contribution in [3.63, 3.8) is 0 Å². The topological polar surface area (TPSA) is 192 Å². The van der Waals surface area contributed by atoms with Gasteiger partial charge in [0, 0.05) is 19.3 Å². The summed E-state index contributed by atoms with van der Waals surface area (Å²) in [4.78, 5) is 81.4. The molecule has 0 saturated carbocycles. The number of likely N-dealkylation sites (tertiary alicyclic amines) is 2. The second kappa shape index (κ2) is 16.2. The van der Waals surface area contributed by atoms with E-state index in [0.717, 1.165) is 17.7 Å². The van der Waals surface area contributed by atoms with Crippen molar-refractivity contribution < 1.29 is 33.4 Å². The van der Waals surface area contributed by atoms with Crippen molar-refractivity contribution in [3.05, 3.63) is 70.9 Å². The zero-order valence-electron chi connectivity index (χ0n) is 29.8. The average molecular weight is 744 g/mol. The summed E-state index contributed by atoms with van der Waals surface area (Å²) in [7, 11) is 2.49. The van der Waals surface area contributed by atoms with E-state index in [1.165, 1.54) is 30.5 Å². The molecule has 5 amide bonds. The molecule has 278 valence electrons. The number of carbonyl (C=O) groups excluding carboxylic acids is 5. The minimum Gasteiger partial charge on any atom is -0.453 e. The summed E-state index contributed by atoms with van der Waals surface area (Å²) in [6.07, 6.45) is 6.35. The third kappa shape index (κ3) is 8.28. The zero-order valence-corrected chi connectivity index (χ0v) is 30.6. The summed E-state index contributed by atoms with van der Waals surface area (Å²) in [5.41, 5.74) is 1.16. The van der Waals surface area contributed by atoms with Crippen molar-refractivity contribution >= 4 is 52.0 Å². The van der Waals surface area contributed by atoms with Crippen LogP contribution in [-0.2, 0) is 23.9 Å². The second-order valence-electron chi connectivity index (χ2n) is 13.0. The Hall–Kier alpha value is -5.89. The van der Waals surface area contributed by atoms with Crippen molar-refractivity contribution in [2.75, 3.05) is 32.6 Å². The fourth-order valence-electron chi connectivity index (χ4n) is 6.59. The van der Waals surface area contributed by atoms with E-state index in [2.05, 4.69) is 42.7 Å². The van der Waals surface area contributed by atoms with Crippen LogP contribution in [0.5, 0.6) is 0 Å². The summed E-state index contributed by atoms with van der Waals surface area (Å²) in [6.45, 7) is 4.65. The normalized spacial score (nSPS) is 17.9. The van der Waals surface area contributed by atoms with Gasteiger partial charge in [0.25, 0.3) is 5.91 Å². The third-order valence-electron chi connectivity index (χ3n) is 9.23. The number of hydrogen-bond acceptors (Lipinski definition) is 10. The minimum absolute atomic E-state index is 0.134. The smallest absolute Gasteiger partial charge is 0.407 e. The van der Waals surface area contributed by atoms with Crippen LogP contribution in [0.15, 0.2) is 48.9 Å². The van der Waals surface area contributed by atoms with Crippen LogP contribution in [0.1, 0.15) is 73.6 Å². The van der Waals surface area contributed by atoms with Gasteiger partial charge in [-0.3, -0.25) is 18.8 Å². The van der Waals surface area contributed by atoms with Gasteiger partial charge in [-0.15, -0.1) is 0 Å². The Balaban J connectivity index is 1.09. The van der Waals surface area contributed by atoms with Crippen molar-refractivity contribution in [2.45, 2.75) is 63.7 Å². The largest absolute Gasteiger partial charge is 0.453 e. The molecule has 0 spiro atoms. The molecule has 53 heavy (non-hydrogen) atoms. The van der Waals surface area contributed by atoms with Crippen LogP contribution in [0.4, 0.5) is 15.4 Å². The Morgan fingerprint density at radius 3 is 2.36 bits per heavy atom. The molecule has 0 bridgehead atoms. The second-order valence-corrected chi connectivity index (χ2v) is 14.1. The predicted octanol–water partition coefficient (Wildman–Crippen LogP) is 3.59. The number of alkyl carbamates (subject to hydrolysis) is 2. The van der Waals surface area contributed by atoms with E-state index in [9.17, 15) is 24.0 Å². The number of amides is 5. The molecule has 0 radical (unpaired) electrons. The Morgan fingerprint density at radius 1 is 0.925 bits per heavy atom. The number of anilines is 1. The van der Waals surface area contributed by atoms with E-state index in [1.807, 2.05) is 19.9 Å². The number of ether oxygens (including phenoxy) is 2. The van der Waals surface area contributed by atoms with E-state index in [4.69, 9.17) is 9.47 Å². The maximum atomic E-state index is 13.7. The Morgan fingerprint density at radius 2 is 1.64 bits per heavy atom. The SMILES string of the molecule is COC(=O)N[C@H](C(=O)N1CCC[C@H]1c1ncc(C#Cc2cn3cc(NC(=O)[C@@H]4CCCN4C(=O)[C@H](NC(=O)OC)c4ccccc4)nc3s2)[nH]1)C(C)C. The highest BCUT2D eigenvalue weighted by molar-refractivity contribution is 7.17. The molecule has 3 aromatic heterocycles. The van der Waals surface area contributed by atoms with Gasteiger partial charge in [0.05, 0.1) is 37.5 Å². The molecular weight excluding hydrogens is 703 g/mol. The number of thiazole rings is 1. The van der Waals surface area contributed by atoms with Crippen LogP contribution in [0.25, 0.3) is 4.96 Å². The van der Waals surface area contributed by atoms with Gasteiger partial charge in [-0.2, -0.15) is 0 Å². The predicted molar refractivity (Wildman–Crippen MR) is 194 cm³/mol. The Bertz CT molecular complexity index is 2020. The highest BCUT2D eigenvalue weighted by Crippen LogP contribution is 2.32. The number of carbonyl (C=O) groups is 5. The first-order valence-electron chi connectivity index (χ1n) is 17.3. The summed E-state index contributed by atoms with van der Waals surface area (Å²) < 4.78 is 11.2. The molecule has 2 saturated heterocycles. The molecule has 1 aromatic carbocycles. The lowest BCUT2D eigenvalue weighted by atomic mass is 10.0. The fraction of sp³-hybridized carbons (Fsp3) is 0.417. The van der Waals surface area contributed by atoms with Gasteiger partial charge in [-0.25, -0.2) is 19.6 Å². The number of hydrogen-bond donors (Lipinski definition) is 4. The lowest BCUT2D eigenvalue weighted by Crippen LogP contribution is -2.51. The number of methoxy groups -OCH3 is 2. The summed E-state index contributed by atoms with van der Waals surface area (Å²) in [5, 5.41) is 8.09. The van der Waals surface area contributed by atoms with Crippen LogP contribution in [0.2, 0.25) is 0 Å². The quantitative estimate of drug-likeness (QED) is 0.186.